The molecule has 2 nitrogen and oxygen atoms in total. The van der Waals surface area contributed by atoms with E-state index in [0.717, 1.165) is 19.4 Å². The van der Waals surface area contributed by atoms with E-state index in [1.165, 1.54) is 0 Å². The molecule has 0 radical (unpaired) electrons. The molecular weight excluding hydrogens is 241 g/mol. The Bertz CT molecular complexity index is 310. The fourth-order valence-electron chi connectivity index (χ4n) is 2.95. The van der Waals surface area contributed by atoms with Crippen LogP contribution in [0.25, 0.3) is 0 Å². The standard InChI is InChI=1S/C13H23F3N2/c1-11(2)9-18(7-6-13(14,15)16)12(3,8-17-11)10-4-5-10/h10,17H,4-9H2,1-3H3. The van der Waals surface area contributed by atoms with Crippen LogP contribution in [-0.4, -0.2) is 41.8 Å². The van der Waals surface area contributed by atoms with Crippen molar-refractivity contribution < 1.29 is 13.2 Å². The molecule has 1 heterocycles. The van der Waals surface area contributed by atoms with Crippen molar-refractivity contribution >= 4 is 0 Å². The van der Waals surface area contributed by atoms with Crippen molar-refractivity contribution in [2.45, 2.75) is 57.3 Å². The first kappa shape index (κ1) is 14.1. The molecule has 1 aliphatic carbocycles. The smallest absolute Gasteiger partial charge is 0.309 e. The van der Waals surface area contributed by atoms with Gasteiger partial charge in [-0.2, -0.15) is 13.2 Å². The summed E-state index contributed by atoms with van der Waals surface area (Å²) in [6.45, 7) is 7.84. The van der Waals surface area contributed by atoms with E-state index >= 15 is 0 Å². The van der Waals surface area contributed by atoms with Gasteiger partial charge in [-0.1, -0.05) is 0 Å². The van der Waals surface area contributed by atoms with E-state index < -0.39 is 12.6 Å². The Labute approximate surface area is 107 Å². The Hall–Kier alpha value is -0.290. The molecule has 2 aliphatic rings. The van der Waals surface area contributed by atoms with E-state index in [1.54, 1.807) is 0 Å². The quantitative estimate of drug-likeness (QED) is 0.843. The summed E-state index contributed by atoms with van der Waals surface area (Å²) in [4.78, 5) is 2.06. The van der Waals surface area contributed by atoms with Crippen LogP contribution in [0.1, 0.15) is 40.0 Å². The first-order valence-corrected chi connectivity index (χ1v) is 6.69. The van der Waals surface area contributed by atoms with E-state index in [4.69, 9.17) is 0 Å². The normalized spacial score (nSPS) is 33.7. The monoisotopic (exact) mass is 264 g/mol. The number of hydrogen-bond acceptors (Lipinski definition) is 2. The van der Waals surface area contributed by atoms with Gasteiger partial charge < -0.3 is 5.32 Å². The van der Waals surface area contributed by atoms with Gasteiger partial charge in [0.25, 0.3) is 0 Å². The van der Waals surface area contributed by atoms with Gasteiger partial charge in [0.15, 0.2) is 0 Å². The van der Waals surface area contributed by atoms with Gasteiger partial charge in [-0.25, -0.2) is 0 Å². The van der Waals surface area contributed by atoms with Gasteiger partial charge in [0.2, 0.25) is 0 Å². The fraction of sp³-hybridized carbons (Fsp3) is 1.00. The second-order valence-corrected chi connectivity index (χ2v) is 6.66. The molecule has 18 heavy (non-hydrogen) atoms. The highest BCUT2D eigenvalue weighted by Crippen LogP contribution is 2.45. The molecule has 106 valence electrons. The summed E-state index contributed by atoms with van der Waals surface area (Å²) in [5, 5.41) is 3.47. The number of nitrogens with one attached hydrogen (secondary N) is 1. The summed E-state index contributed by atoms with van der Waals surface area (Å²) in [5.41, 5.74) is -0.194. The SMILES string of the molecule is CC1(C)CN(CCC(F)(F)F)C(C)(C2CC2)CN1. The third-order valence-electron chi connectivity index (χ3n) is 4.36. The topological polar surface area (TPSA) is 15.3 Å². The van der Waals surface area contributed by atoms with E-state index in [0.29, 0.717) is 12.5 Å². The average Bonchev–Trinajstić information content (AvgIpc) is 3.02. The van der Waals surface area contributed by atoms with Crippen molar-refractivity contribution in [1.82, 2.24) is 10.2 Å². The van der Waals surface area contributed by atoms with Gasteiger partial charge in [-0.3, -0.25) is 4.90 Å². The predicted octanol–water partition coefficient (Wildman–Crippen LogP) is 2.79. The summed E-state index contributed by atoms with van der Waals surface area (Å²) in [6, 6.07) is 0. The maximum Gasteiger partial charge on any atom is 0.390 e. The maximum atomic E-state index is 12.4. The predicted molar refractivity (Wildman–Crippen MR) is 65.5 cm³/mol. The van der Waals surface area contributed by atoms with Crippen LogP contribution in [0.4, 0.5) is 13.2 Å². The highest BCUT2D eigenvalue weighted by atomic mass is 19.4. The zero-order valence-electron chi connectivity index (χ0n) is 11.4. The van der Waals surface area contributed by atoms with Gasteiger partial charge in [-0.05, 0) is 39.5 Å². The van der Waals surface area contributed by atoms with Gasteiger partial charge >= 0.3 is 6.18 Å². The molecule has 1 atom stereocenters. The molecule has 1 aliphatic heterocycles. The maximum absolute atomic E-state index is 12.4. The first-order chi connectivity index (χ1) is 8.12. The largest absolute Gasteiger partial charge is 0.390 e. The van der Waals surface area contributed by atoms with Crippen LogP contribution in [0, 0.1) is 5.92 Å². The van der Waals surface area contributed by atoms with Crippen molar-refractivity contribution in [3.8, 4) is 0 Å². The van der Waals surface area contributed by atoms with Crippen LogP contribution in [0.2, 0.25) is 0 Å². The molecule has 1 saturated heterocycles. The minimum atomic E-state index is -4.06. The minimum Gasteiger partial charge on any atom is -0.309 e. The van der Waals surface area contributed by atoms with Gasteiger partial charge in [0.1, 0.15) is 0 Å². The number of nitrogens with zero attached hydrogens (tertiary/aromatic N) is 1. The third kappa shape index (κ3) is 3.18. The molecule has 0 aromatic heterocycles. The lowest BCUT2D eigenvalue weighted by Gasteiger charge is -2.52. The fourth-order valence-corrected chi connectivity index (χ4v) is 2.95. The molecule has 2 fully saturated rings. The number of halogens is 3. The molecule has 5 heteroatoms. The average molecular weight is 264 g/mol. The van der Waals surface area contributed by atoms with Crippen molar-refractivity contribution in [2.75, 3.05) is 19.6 Å². The Morgan fingerprint density at radius 2 is 1.83 bits per heavy atom. The van der Waals surface area contributed by atoms with Gasteiger partial charge in [0.05, 0.1) is 6.42 Å². The van der Waals surface area contributed by atoms with Crippen LogP contribution in [0.15, 0.2) is 0 Å². The van der Waals surface area contributed by atoms with Crippen molar-refractivity contribution in [3.05, 3.63) is 0 Å². The van der Waals surface area contributed by atoms with Crippen molar-refractivity contribution in [1.29, 1.82) is 0 Å². The lowest BCUT2D eigenvalue weighted by molar-refractivity contribution is -0.144. The summed E-state index contributed by atoms with van der Waals surface area (Å²) in [7, 11) is 0. The number of piperazine rings is 1. The van der Waals surface area contributed by atoms with Crippen molar-refractivity contribution in [2.24, 2.45) is 5.92 Å². The Balaban J connectivity index is 2.05. The number of hydrogen-bond donors (Lipinski definition) is 1. The zero-order chi connectivity index (χ0) is 13.6. The zero-order valence-corrected chi connectivity index (χ0v) is 11.4. The molecule has 1 saturated carbocycles. The molecular formula is C13H23F3N2. The van der Waals surface area contributed by atoms with E-state index in [2.05, 4.69) is 31.0 Å². The summed E-state index contributed by atoms with van der Waals surface area (Å²) >= 11 is 0. The molecule has 2 rings (SSSR count). The van der Waals surface area contributed by atoms with Crippen LogP contribution in [0.5, 0.6) is 0 Å². The Kier molecular flexibility index (Phi) is 3.43. The van der Waals surface area contributed by atoms with Crippen LogP contribution in [-0.2, 0) is 0 Å². The summed E-state index contributed by atoms with van der Waals surface area (Å²) in [5.74, 6) is 0.564. The van der Waals surface area contributed by atoms with Gasteiger partial charge in [-0.15, -0.1) is 0 Å². The van der Waals surface area contributed by atoms with E-state index in [9.17, 15) is 13.2 Å². The molecule has 0 bridgehead atoms. The molecule has 0 spiro atoms. The Morgan fingerprint density at radius 1 is 1.22 bits per heavy atom. The molecule has 1 N–H and O–H groups in total. The number of rotatable bonds is 3. The summed E-state index contributed by atoms with van der Waals surface area (Å²) < 4.78 is 37.3. The highest BCUT2D eigenvalue weighted by molar-refractivity contribution is 5.07. The Morgan fingerprint density at radius 3 is 2.33 bits per heavy atom. The van der Waals surface area contributed by atoms with Crippen LogP contribution in [0.3, 0.4) is 0 Å². The molecule has 0 aromatic rings. The molecule has 0 aromatic carbocycles. The van der Waals surface area contributed by atoms with Crippen molar-refractivity contribution in [3.63, 3.8) is 0 Å². The highest BCUT2D eigenvalue weighted by Gasteiger charge is 2.50. The van der Waals surface area contributed by atoms with Gasteiger partial charge in [0, 0.05) is 30.7 Å². The lowest BCUT2D eigenvalue weighted by atomic mass is 9.86. The van der Waals surface area contributed by atoms with E-state index in [1.807, 2.05) is 0 Å². The summed E-state index contributed by atoms with van der Waals surface area (Å²) in [6.07, 6.45) is -2.45. The molecule has 1 unspecified atom stereocenters. The van der Waals surface area contributed by atoms with E-state index in [-0.39, 0.29) is 17.6 Å². The third-order valence-corrected chi connectivity index (χ3v) is 4.36. The first-order valence-electron chi connectivity index (χ1n) is 6.69. The second-order valence-electron chi connectivity index (χ2n) is 6.66. The number of alkyl halides is 3. The molecule has 0 amide bonds. The second kappa shape index (κ2) is 4.37. The minimum absolute atomic E-state index is 0.0965. The van der Waals surface area contributed by atoms with Crippen LogP contribution < -0.4 is 5.32 Å². The lowest BCUT2D eigenvalue weighted by Crippen LogP contribution is -2.68. The van der Waals surface area contributed by atoms with Crippen LogP contribution >= 0.6 is 0 Å².